The monoisotopic (exact) mass is 427 g/mol. The Morgan fingerprint density at radius 1 is 1.24 bits per heavy atom. The summed E-state index contributed by atoms with van der Waals surface area (Å²) in [5.41, 5.74) is 8.40. The van der Waals surface area contributed by atoms with Crippen molar-refractivity contribution in [2.75, 3.05) is 12.4 Å². The number of benzene rings is 2. The van der Waals surface area contributed by atoms with Crippen molar-refractivity contribution in [3.05, 3.63) is 69.5 Å². The number of nitrogens with two attached hydrogens (primary N) is 1. The summed E-state index contributed by atoms with van der Waals surface area (Å²) in [4.78, 5) is 0. The normalized spacial score (nSPS) is 15.4. The number of ether oxygens (including phenoxy) is 1. The van der Waals surface area contributed by atoms with E-state index in [2.05, 4.69) is 16.5 Å². The molecule has 1 atom stereocenters. The van der Waals surface area contributed by atoms with Gasteiger partial charge in [-0.25, -0.2) is 4.68 Å². The number of allylic oxidation sites excluding steroid dienone is 1. The lowest BCUT2D eigenvalue weighted by Crippen LogP contribution is -2.28. The van der Waals surface area contributed by atoms with Crippen LogP contribution in [0.15, 0.2) is 53.9 Å². The summed E-state index contributed by atoms with van der Waals surface area (Å²) in [6.07, 6.45) is 0. The standard InChI is InChI=1S/C20H15Cl2N5O2/c1-29-17-6-12(14(22)7-16(17)28)19-13(9-23)20(24)25-18-8-15(26-27(18)19)10-2-4-11(21)5-3-10/h2-8,19,25,28H,24H2,1H3. The number of nitrogens with zero attached hydrogens (tertiary/aromatic N) is 3. The van der Waals surface area contributed by atoms with E-state index in [1.165, 1.54) is 13.2 Å². The number of nitrogens with one attached hydrogen (secondary N) is 1. The van der Waals surface area contributed by atoms with Crippen molar-refractivity contribution in [3.63, 3.8) is 0 Å². The Hall–Kier alpha value is -3.34. The number of hydrogen-bond donors (Lipinski definition) is 3. The second-order valence-electron chi connectivity index (χ2n) is 6.38. The topological polar surface area (TPSA) is 109 Å². The van der Waals surface area contributed by atoms with E-state index in [9.17, 15) is 10.4 Å². The molecule has 7 nitrogen and oxygen atoms in total. The van der Waals surface area contributed by atoms with Crippen LogP contribution >= 0.6 is 23.2 Å². The number of nitriles is 1. The van der Waals surface area contributed by atoms with Gasteiger partial charge in [0.15, 0.2) is 11.5 Å². The average molecular weight is 428 g/mol. The summed E-state index contributed by atoms with van der Waals surface area (Å²) >= 11 is 12.4. The lowest BCUT2D eigenvalue weighted by atomic mass is 9.97. The Bertz CT molecular complexity index is 1180. The van der Waals surface area contributed by atoms with Crippen LogP contribution in [0, 0.1) is 11.3 Å². The Morgan fingerprint density at radius 2 is 1.97 bits per heavy atom. The van der Waals surface area contributed by atoms with Gasteiger partial charge in [0.05, 0.1) is 23.4 Å². The van der Waals surface area contributed by atoms with Crippen LogP contribution in [0.25, 0.3) is 11.3 Å². The Kier molecular flexibility index (Phi) is 4.74. The van der Waals surface area contributed by atoms with Crippen molar-refractivity contribution in [1.82, 2.24) is 9.78 Å². The fourth-order valence-electron chi connectivity index (χ4n) is 3.26. The number of aromatic hydroxyl groups is 1. The van der Waals surface area contributed by atoms with Gasteiger partial charge in [0.1, 0.15) is 23.7 Å². The number of fused-ring (bicyclic) bond motifs is 1. The first-order valence-electron chi connectivity index (χ1n) is 8.51. The highest BCUT2D eigenvalue weighted by molar-refractivity contribution is 6.31. The molecule has 1 aliphatic heterocycles. The molecule has 146 valence electrons. The van der Waals surface area contributed by atoms with Crippen LogP contribution in [0.2, 0.25) is 10.0 Å². The molecule has 2 heterocycles. The van der Waals surface area contributed by atoms with Crippen LogP contribution in [0.4, 0.5) is 5.82 Å². The fraction of sp³-hybridized carbons (Fsp3) is 0.100. The van der Waals surface area contributed by atoms with Crippen molar-refractivity contribution in [1.29, 1.82) is 5.26 Å². The lowest BCUT2D eigenvalue weighted by Gasteiger charge is -2.27. The third-order valence-electron chi connectivity index (χ3n) is 4.66. The maximum Gasteiger partial charge on any atom is 0.160 e. The molecular formula is C20H15Cl2N5O2. The number of anilines is 1. The number of phenols is 1. The van der Waals surface area contributed by atoms with Gasteiger partial charge < -0.3 is 20.9 Å². The van der Waals surface area contributed by atoms with Crippen molar-refractivity contribution in [2.24, 2.45) is 5.73 Å². The van der Waals surface area contributed by atoms with Crippen LogP contribution in [0.3, 0.4) is 0 Å². The number of methoxy groups -OCH3 is 1. The molecule has 0 radical (unpaired) electrons. The van der Waals surface area contributed by atoms with Gasteiger partial charge in [0.25, 0.3) is 0 Å². The van der Waals surface area contributed by atoms with Crippen molar-refractivity contribution >= 4 is 29.0 Å². The zero-order valence-corrected chi connectivity index (χ0v) is 16.7. The Balaban J connectivity index is 1.90. The van der Waals surface area contributed by atoms with E-state index in [1.807, 2.05) is 18.2 Å². The molecule has 29 heavy (non-hydrogen) atoms. The molecule has 2 aromatic carbocycles. The van der Waals surface area contributed by atoms with E-state index in [-0.39, 0.29) is 27.9 Å². The van der Waals surface area contributed by atoms with Crippen molar-refractivity contribution < 1.29 is 9.84 Å². The summed E-state index contributed by atoms with van der Waals surface area (Å²) in [6.45, 7) is 0. The molecule has 1 unspecified atom stereocenters. The predicted octanol–water partition coefficient (Wildman–Crippen LogP) is 4.28. The molecule has 0 saturated carbocycles. The highest BCUT2D eigenvalue weighted by atomic mass is 35.5. The van der Waals surface area contributed by atoms with Crippen molar-refractivity contribution in [3.8, 4) is 28.8 Å². The zero-order chi connectivity index (χ0) is 20.7. The van der Waals surface area contributed by atoms with Gasteiger partial charge in [0, 0.05) is 28.3 Å². The Labute approximate surface area is 176 Å². The number of aromatic nitrogens is 2. The molecule has 0 amide bonds. The minimum Gasteiger partial charge on any atom is -0.504 e. The second kappa shape index (κ2) is 7.24. The number of halogens is 2. The molecule has 4 rings (SSSR count). The second-order valence-corrected chi connectivity index (χ2v) is 7.22. The largest absolute Gasteiger partial charge is 0.504 e. The van der Waals surface area contributed by atoms with Gasteiger partial charge in [-0.05, 0) is 18.2 Å². The molecule has 0 spiro atoms. The van der Waals surface area contributed by atoms with Gasteiger partial charge in [-0.1, -0.05) is 35.3 Å². The molecule has 0 saturated heterocycles. The molecular weight excluding hydrogens is 413 g/mol. The third-order valence-corrected chi connectivity index (χ3v) is 5.24. The number of hydrogen-bond acceptors (Lipinski definition) is 6. The summed E-state index contributed by atoms with van der Waals surface area (Å²) in [7, 11) is 1.43. The Morgan fingerprint density at radius 3 is 2.62 bits per heavy atom. The highest BCUT2D eigenvalue weighted by Gasteiger charge is 2.32. The summed E-state index contributed by atoms with van der Waals surface area (Å²) < 4.78 is 6.84. The molecule has 1 aromatic heterocycles. The zero-order valence-electron chi connectivity index (χ0n) is 15.1. The molecule has 0 aliphatic carbocycles. The van der Waals surface area contributed by atoms with Gasteiger partial charge in [-0.3, -0.25) is 0 Å². The molecule has 0 bridgehead atoms. The van der Waals surface area contributed by atoms with Crippen LogP contribution in [-0.2, 0) is 0 Å². The first-order chi connectivity index (χ1) is 13.9. The van der Waals surface area contributed by atoms with Crippen LogP contribution in [-0.4, -0.2) is 22.0 Å². The van der Waals surface area contributed by atoms with Crippen LogP contribution < -0.4 is 15.8 Å². The summed E-state index contributed by atoms with van der Waals surface area (Å²) in [5, 5.41) is 28.3. The maximum absolute atomic E-state index is 10.0. The number of rotatable bonds is 3. The van der Waals surface area contributed by atoms with E-state index in [0.29, 0.717) is 22.1 Å². The average Bonchev–Trinajstić information content (AvgIpc) is 3.11. The number of phenolic OH excluding ortho intramolecular Hbond substituents is 1. The quantitative estimate of drug-likeness (QED) is 0.575. The van der Waals surface area contributed by atoms with Gasteiger partial charge in [0.2, 0.25) is 0 Å². The van der Waals surface area contributed by atoms with Gasteiger partial charge in [-0.15, -0.1) is 0 Å². The first kappa shape index (κ1) is 19.0. The van der Waals surface area contributed by atoms with E-state index in [0.717, 1.165) is 5.56 Å². The highest BCUT2D eigenvalue weighted by Crippen LogP contribution is 2.42. The van der Waals surface area contributed by atoms with Crippen LogP contribution in [0.1, 0.15) is 11.6 Å². The van der Waals surface area contributed by atoms with Crippen LogP contribution in [0.5, 0.6) is 11.5 Å². The predicted molar refractivity (Wildman–Crippen MR) is 111 cm³/mol. The molecule has 9 heteroatoms. The first-order valence-corrected chi connectivity index (χ1v) is 9.27. The summed E-state index contributed by atoms with van der Waals surface area (Å²) in [5.74, 6) is 0.925. The molecule has 0 fully saturated rings. The molecule has 4 N–H and O–H groups in total. The van der Waals surface area contributed by atoms with E-state index in [4.69, 9.17) is 33.7 Å². The van der Waals surface area contributed by atoms with E-state index >= 15 is 0 Å². The van der Waals surface area contributed by atoms with E-state index in [1.54, 1.807) is 22.9 Å². The SMILES string of the molecule is COc1cc(C2C(C#N)=C(N)Nc3cc(-c4ccc(Cl)cc4)nn32)c(Cl)cc1O. The molecule has 1 aliphatic rings. The summed E-state index contributed by atoms with van der Waals surface area (Å²) in [6, 6.07) is 13.4. The minimum absolute atomic E-state index is 0.104. The van der Waals surface area contributed by atoms with Gasteiger partial charge >= 0.3 is 0 Å². The maximum atomic E-state index is 10.0. The molecule has 3 aromatic rings. The minimum atomic E-state index is -0.695. The van der Waals surface area contributed by atoms with Gasteiger partial charge in [-0.2, -0.15) is 10.4 Å². The fourth-order valence-corrected chi connectivity index (χ4v) is 3.65. The van der Waals surface area contributed by atoms with Crippen molar-refractivity contribution in [2.45, 2.75) is 6.04 Å². The lowest BCUT2D eigenvalue weighted by molar-refractivity contribution is 0.372. The smallest absolute Gasteiger partial charge is 0.160 e. The van der Waals surface area contributed by atoms with E-state index < -0.39 is 6.04 Å². The third kappa shape index (κ3) is 3.23.